The number of halogens is 1. The first-order chi connectivity index (χ1) is 6.62. The largest absolute Gasteiger partial charge is 0.321 e. The summed E-state index contributed by atoms with van der Waals surface area (Å²) in [6, 6.07) is 2.18. The molecule has 0 saturated heterocycles. The van der Waals surface area contributed by atoms with Crippen LogP contribution in [0.15, 0.2) is 10.5 Å². The normalized spacial score (nSPS) is 21.1. The Kier molecular flexibility index (Phi) is 3.01. The fourth-order valence-corrected chi connectivity index (χ4v) is 4.43. The van der Waals surface area contributed by atoms with Crippen molar-refractivity contribution < 1.29 is 0 Å². The van der Waals surface area contributed by atoms with Crippen molar-refractivity contribution in [1.29, 1.82) is 0 Å². The van der Waals surface area contributed by atoms with Crippen LogP contribution >= 0.6 is 27.3 Å². The van der Waals surface area contributed by atoms with E-state index < -0.39 is 0 Å². The Morgan fingerprint density at radius 3 is 2.50 bits per heavy atom. The van der Waals surface area contributed by atoms with Crippen LogP contribution < -0.4 is 5.73 Å². The van der Waals surface area contributed by atoms with Crippen molar-refractivity contribution in [3.05, 3.63) is 20.3 Å². The highest BCUT2D eigenvalue weighted by atomic mass is 79.9. The van der Waals surface area contributed by atoms with E-state index in [-0.39, 0.29) is 5.54 Å². The molecule has 1 aromatic rings. The van der Waals surface area contributed by atoms with Crippen LogP contribution in [0.5, 0.6) is 0 Å². The summed E-state index contributed by atoms with van der Waals surface area (Å²) in [5.74, 6) is 0. The van der Waals surface area contributed by atoms with Gasteiger partial charge in [0.1, 0.15) is 0 Å². The lowest BCUT2D eigenvalue weighted by atomic mass is 9.81. The topological polar surface area (TPSA) is 26.0 Å². The highest BCUT2D eigenvalue weighted by Crippen LogP contribution is 2.42. The van der Waals surface area contributed by atoms with E-state index in [9.17, 15) is 0 Å². The molecular formula is C11H16BrNS. The van der Waals surface area contributed by atoms with Crippen molar-refractivity contribution in [3.63, 3.8) is 0 Å². The summed E-state index contributed by atoms with van der Waals surface area (Å²) in [7, 11) is 0. The zero-order valence-electron chi connectivity index (χ0n) is 8.48. The molecule has 0 bridgehead atoms. The second-order valence-corrected chi connectivity index (χ2v) is 6.36. The van der Waals surface area contributed by atoms with Gasteiger partial charge >= 0.3 is 0 Å². The molecule has 0 aliphatic heterocycles. The molecule has 0 amide bonds. The molecule has 0 aromatic carbocycles. The van der Waals surface area contributed by atoms with Crippen LogP contribution in [-0.4, -0.2) is 0 Å². The summed E-state index contributed by atoms with van der Waals surface area (Å²) in [6.45, 7) is 2.14. The molecule has 0 unspecified atom stereocenters. The Bertz CT molecular complexity index is 326. The summed E-state index contributed by atoms with van der Waals surface area (Å²) in [6.07, 6.45) is 6.19. The summed E-state index contributed by atoms with van der Waals surface area (Å²) >= 11 is 5.47. The van der Waals surface area contributed by atoms with Crippen molar-refractivity contribution in [3.8, 4) is 0 Å². The van der Waals surface area contributed by atoms with Crippen molar-refractivity contribution >= 4 is 27.3 Å². The predicted octanol–water partition coefficient (Wildman–Crippen LogP) is 3.94. The second-order valence-electron chi connectivity index (χ2n) is 4.25. The number of nitrogens with two attached hydrogens (primary N) is 1. The zero-order chi connectivity index (χ0) is 10.2. The molecule has 1 fully saturated rings. The number of thiophene rings is 1. The van der Waals surface area contributed by atoms with Crippen LogP contribution in [0.2, 0.25) is 0 Å². The highest BCUT2D eigenvalue weighted by Gasteiger charge is 2.32. The van der Waals surface area contributed by atoms with E-state index in [0.717, 1.165) is 12.8 Å². The van der Waals surface area contributed by atoms with Gasteiger partial charge in [0.25, 0.3) is 0 Å². The summed E-state index contributed by atoms with van der Waals surface area (Å²) in [4.78, 5) is 2.71. The molecule has 1 aliphatic rings. The first kappa shape index (κ1) is 10.7. The van der Waals surface area contributed by atoms with Gasteiger partial charge in [-0.1, -0.05) is 19.3 Å². The molecular weight excluding hydrogens is 258 g/mol. The van der Waals surface area contributed by atoms with Gasteiger partial charge in [0.15, 0.2) is 0 Å². The van der Waals surface area contributed by atoms with E-state index in [4.69, 9.17) is 5.73 Å². The summed E-state index contributed by atoms with van der Waals surface area (Å²) in [5.41, 5.74) is 6.43. The number of hydrogen-bond acceptors (Lipinski definition) is 2. The Labute approximate surface area is 97.8 Å². The molecule has 1 aromatic heterocycles. The zero-order valence-corrected chi connectivity index (χ0v) is 10.9. The van der Waals surface area contributed by atoms with Crippen molar-refractivity contribution in [2.75, 3.05) is 0 Å². The predicted molar refractivity (Wildman–Crippen MR) is 65.7 cm³/mol. The number of hydrogen-bond donors (Lipinski definition) is 1. The monoisotopic (exact) mass is 273 g/mol. The highest BCUT2D eigenvalue weighted by molar-refractivity contribution is 9.10. The quantitative estimate of drug-likeness (QED) is 0.824. The van der Waals surface area contributed by atoms with Gasteiger partial charge < -0.3 is 5.73 Å². The Hall–Kier alpha value is 0.140. The third-order valence-electron chi connectivity index (χ3n) is 3.01. The van der Waals surface area contributed by atoms with E-state index in [0.29, 0.717) is 0 Å². The van der Waals surface area contributed by atoms with Gasteiger partial charge in [0.05, 0.1) is 5.54 Å². The maximum Gasteiger partial charge on any atom is 0.0515 e. The molecule has 0 spiro atoms. The third kappa shape index (κ3) is 1.90. The van der Waals surface area contributed by atoms with Crippen molar-refractivity contribution in [2.45, 2.75) is 44.6 Å². The number of aryl methyl sites for hydroxylation is 1. The van der Waals surface area contributed by atoms with Crippen LogP contribution in [-0.2, 0) is 5.54 Å². The molecule has 3 heteroatoms. The van der Waals surface area contributed by atoms with Gasteiger partial charge in [0.2, 0.25) is 0 Å². The van der Waals surface area contributed by atoms with E-state index in [1.807, 2.05) is 11.3 Å². The fourth-order valence-electron chi connectivity index (χ4n) is 2.23. The molecule has 0 atom stereocenters. The minimum absolute atomic E-state index is 0.0456. The lowest BCUT2D eigenvalue weighted by Gasteiger charge is -2.32. The van der Waals surface area contributed by atoms with Gasteiger partial charge in [0, 0.05) is 14.2 Å². The smallest absolute Gasteiger partial charge is 0.0515 e. The molecule has 1 heterocycles. The first-order valence-electron chi connectivity index (χ1n) is 5.17. The van der Waals surface area contributed by atoms with Gasteiger partial charge in [-0.25, -0.2) is 0 Å². The van der Waals surface area contributed by atoms with Gasteiger partial charge in [-0.2, -0.15) is 0 Å². The Morgan fingerprint density at radius 2 is 2.00 bits per heavy atom. The SMILES string of the molecule is Cc1cc(Br)c(C2(N)CCCCC2)s1. The summed E-state index contributed by atoms with van der Waals surface area (Å²) < 4.78 is 1.21. The van der Waals surface area contributed by atoms with Crippen LogP contribution in [0.1, 0.15) is 41.9 Å². The van der Waals surface area contributed by atoms with Crippen molar-refractivity contribution in [2.24, 2.45) is 5.73 Å². The average Bonchev–Trinajstić information content (AvgIpc) is 2.47. The molecule has 78 valence electrons. The molecule has 0 radical (unpaired) electrons. The maximum atomic E-state index is 6.47. The standard InChI is InChI=1S/C11H16BrNS/c1-8-7-9(12)10(14-8)11(13)5-3-2-4-6-11/h7H,2-6,13H2,1H3. The van der Waals surface area contributed by atoms with Gasteiger partial charge in [-0.3, -0.25) is 0 Å². The Balaban J connectivity index is 2.32. The lowest BCUT2D eigenvalue weighted by Crippen LogP contribution is -2.38. The molecule has 2 N–H and O–H groups in total. The molecule has 14 heavy (non-hydrogen) atoms. The third-order valence-corrected chi connectivity index (χ3v) is 5.17. The van der Waals surface area contributed by atoms with Gasteiger partial charge in [-0.15, -0.1) is 11.3 Å². The van der Waals surface area contributed by atoms with Gasteiger partial charge in [-0.05, 0) is 41.8 Å². The van der Waals surface area contributed by atoms with Crippen LogP contribution in [0.4, 0.5) is 0 Å². The molecule has 1 saturated carbocycles. The van der Waals surface area contributed by atoms with E-state index in [2.05, 4.69) is 28.9 Å². The van der Waals surface area contributed by atoms with E-state index in [1.54, 1.807) is 0 Å². The maximum absolute atomic E-state index is 6.47. The lowest BCUT2D eigenvalue weighted by molar-refractivity contribution is 0.307. The number of rotatable bonds is 1. The average molecular weight is 274 g/mol. The summed E-state index contributed by atoms with van der Waals surface area (Å²) in [5, 5.41) is 0. The van der Waals surface area contributed by atoms with Crippen LogP contribution in [0.25, 0.3) is 0 Å². The second kappa shape index (κ2) is 3.95. The van der Waals surface area contributed by atoms with Crippen molar-refractivity contribution in [1.82, 2.24) is 0 Å². The first-order valence-corrected chi connectivity index (χ1v) is 6.78. The molecule has 1 aliphatic carbocycles. The molecule has 1 nitrogen and oxygen atoms in total. The van der Waals surface area contributed by atoms with E-state index in [1.165, 1.54) is 33.5 Å². The minimum atomic E-state index is -0.0456. The Morgan fingerprint density at radius 1 is 1.36 bits per heavy atom. The van der Waals surface area contributed by atoms with E-state index >= 15 is 0 Å². The molecule has 2 rings (SSSR count). The minimum Gasteiger partial charge on any atom is -0.321 e. The van der Waals surface area contributed by atoms with Crippen LogP contribution in [0, 0.1) is 6.92 Å². The van der Waals surface area contributed by atoms with Crippen LogP contribution in [0.3, 0.4) is 0 Å². The fraction of sp³-hybridized carbons (Fsp3) is 0.636.